The number of rotatable bonds is 4. The van der Waals surface area contributed by atoms with E-state index in [9.17, 15) is 4.39 Å². The van der Waals surface area contributed by atoms with Gasteiger partial charge in [0.15, 0.2) is 17.4 Å². The summed E-state index contributed by atoms with van der Waals surface area (Å²) in [5.74, 6) is 0.228. The molecule has 0 radical (unpaired) electrons. The quantitative estimate of drug-likeness (QED) is 0.809. The van der Waals surface area contributed by atoms with Gasteiger partial charge in [0.25, 0.3) is 0 Å². The molecule has 90 valence electrons. The third-order valence-corrected chi connectivity index (χ3v) is 2.21. The van der Waals surface area contributed by atoms with Crippen molar-refractivity contribution in [3.8, 4) is 11.6 Å². The van der Waals surface area contributed by atoms with Crippen LogP contribution in [0.2, 0.25) is 0 Å². The van der Waals surface area contributed by atoms with Crippen molar-refractivity contribution in [2.24, 2.45) is 0 Å². The molecule has 0 spiro atoms. The second-order valence-corrected chi connectivity index (χ2v) is 3.33. The molecule has 0 amide bonds. The fourth-order valence-electron chi connectivity index (χ4n) is 1.46. The van der Waals surface area contributed by atoms with Crippen LogP contribution < -0.4 is 4.74 Å². The summed E-state index contributed by atoms with van der Waals surface area (Å²) in [5, 5.41) is 4.17. The Morgan fingerprint density at radius 3 is 2.88 bits per heavy atom. The summed E-state index contributed by atoms with van der Waals surface area (Å²) in [4.78, 5) is 3.93. The number of hydrogen-bond donors (Lipinski definition) is 0. The molecule has 2 heterocycles. The van der Waals surface area contributed by atoms with Gasteiger partial charge in [0.05, 0.1) is 19.9 Å². The maximum Gasteiger partial charge on any atom is 0.189 e. The Bertz CT molecular complexity index is 513. The van der Waals surface area contributed by atoms with Crippen molar-refractivity contribution < 1.29 is 13.9 Å². The average molecular weight is 237 g/mol. The van der Waals surface area contributed by atoms with Gasteiger partial charge in [0, 0.05) is 13.3 Å². The molecule has 17 heavy (non-hydrogen) atoms. The lowest BCUT2D eigenvalue weighted by molar-refractivity contribution is 0.178. The van der Waals surface area contributed by atoms with Crippen LogP contribution in [0, 0.1) is 5.82 Å². The predicted octanol–water partition coefficient (Wildman–Crippen LogP) is 1.56. The van der Waals surface area contributed by atoms with Crippen molar-refractivity contribution in [1.29, 1.82) is 0 Å². The number of halogens is 1. The molecule has 5 nitrogen and oxygen atoms in total. The van der Waals surface area contributed by atoms with E-state index in [0.717, 1.165) is 0 Å². The van der Waals surface area contributed by atoms with Crippen molar-refractivity contribution in [1.82, 2.24) is 14.8 Å². The van der Waals surface area contributed by atoms with E-state index in [1.54, 1.807) is 13.3 Å². The van der Waals surface area contributed by atoms with Gasteiger partial charge in [-0.05, 0) is 12.1 Å². The molecule has 0 saturated heterocycles. The van der Waals surface area contributed by atoms with Gasteiger partial charge in [-0.1, -0.05) is 0 Å². The molecule has 2 aromatic heterocycles. The zero-order chi connectivity index (χ0) is 12.3. The number of nitrogens with zero attached hydrogens (tertiary/aromatic N) is 3. The van der Waals surface area contributed by atoms with Crippen LogP contribution in [0.25, 0.3) is 5.82 Å². The van der Waals surface area contributed by atoms with E-state index in [0.29, 0.717) is 18.1 Å². The van der Waals surface area contributed by atoms with E-state index in [4.69, 9.17) is 9.47 Å². The number of pyridine rings is 1. The Hall–Kier alpha value is -1.95. The Morgan fingerprint density at radius 2 is 2.24 bits per heavy atom. The van der Waals surface area contributed by atoms with Crippen LogP contribution in [0.15, 0.2) is 24.5 Å². The van der Waals surface area contributed by atoms with E-state index in [-0.39, 0.29) is 5.82 Å². The molecule has 0 N–H and O–H groups in total. The maximum absolute atomic E-state index is 13.5. The molecular formula is C11H12FN3O2. The van der Waals surface area contributed by atoms with Crippen LogP contribution >= 0.6 is 0 Å². The summed E-state index contributed by atoms with van der Waals surface area (Å²) in [5.41, 5.74) is 0.597. The first-order valence-corrected chi connectivity index (χ1v) is 4.98. The van der Waals surface area contributed by atoms with Gasteiger partial charge in [0.2, 0.25) is 0 Å². The van der Waals surface area contributed by atoms with E-state index in [1.165, 1.54) is 30.1 Å². The fraction of sp³-hybridized carbons (Fsp3) is 0.273. The normalized spacial score (nSPS) is 10.5. The van der Waals surface area contributed by atoms with Gasteiger partial charge in [-0.15, -0.1) is 0 Å². The van der Waals surface area contributed by atoms with Crippen LogP contribution in [-0.2, 0) is 11.3 Å². The van der Waals surface area contributed by atoms with Crippen molar-refractivity contribution in [2.75, 3.05) is 14.2 Å². The first kappa shape index (κ1) is 11.5. The third-order valence-electron chi connectivity index (χ3n) is 2.21. The lowest BCUT2D eigenvalue weighted by Gasteiger charge is -2.00. The predicted molar refractivity (Wildman–Crippen MR) is 58.6 cm³/mol. The topological polar surface area (TPSA) is 49.2 Å². The van der Waals surface area contributed by atoms with E-state index >= 15 is 0 Å². The first-order valence-electron chi connectivity index (χ1n) is 4.98. The molecule has 0 aromatic carbocycles. The van der Waals surface area contributed by atoms with Crippen LogP contribution in [0.5, 0.6) is 5.75 Å². The SMILES string of the molecule is COCc1nn(-c2ncccc2F)cc1OC. The summed E-state index contributed by atoms with van der Waals surface area (Å²) in [6.45, 7) is 0.296. The lowest BCUT2D eigenvalue weighted by Crippen LogP contribution is -2.02. The molecule has 0 aliphatic carbocycles. The van der Waals surface area contributed by atoms with Gasteiger partial charge >= 0.3 is 0 Å². The van der Waals surface area contributed by atoms with Crippen molar-refractivity contribution >= 4 is 0 Å². The standard InChI is InChI=1S/C11H12FN3O2/c1-16-7-9-10(17-2)6-15(14-9)11-8(12)4-3-5-13-11/h3-6H,7H2,1-2H3. The Balaban J connectivity index is 2.43. The van der Waals surface area contributed by atoms with Crippen LogP contribution in [0.1, 0.15) is 5.69 Å². The van der Waals surface area contributed by atoms with Crippen molar-refractivity contribution in [3.05, 3.63) is 36.0 Å². The lowest BCUT2D eigenvalue weighted by atomic mass is 10.4. The van der Waals surface area contributed by atoms with Crippen molar-refractivity contribution in [3.63, 3.8) is 0 Å². The molecule has 0 bridgehead atoms. The highest BCUT2D eigenvalue weighted by molar-refractivity contribution is 5.31. The summed E-state index contributed by atoms with van der Waals surface area (Å²) in [7, 11) is 3.08. The molecule has 6 heteroatoms. The highest BCUT2D eigenvalue weighted by atomic mass is 19.1. The minimum absolute atomic E-state index is 0.133. The molecule has 0 aliphatic rings. The second kappa shape index (κ2) is 4.92. The van der Waals surface area contributed by atoms with Crippen LogP contribution in [0.3, 0.4) is 0 Å². The molecule has 2 aromatic rings. The van der Waals surface area contributed by atoms with E-state index in [2.05, 4.69) is 10.1 Å². The van der Waals surface area contributed by atoms with E-state index in [1.807, 2.05) is 0 Å². The molecule has 0 saturated carbocycles. The molecule has 0 unspecified atom stereocenters. The largest absolute Gasteiger partial charge is 0.493 e. The summed E-state index contributed by atoms with van der Waals surface area (Å²) in [6.07, 6.45) is 3.07. The summed E-state index contributed by atoms with van der Waals surface area (Å²) < 4.78 is 25.0. The number of hydrogen-bond acceptors (Lipinski definition) is 4. The zero-order valence-electron chi connectivity index (χ0n) is 9.55. The van der Waals surface area contributed by atoms with Crippen LogP contribution in [0.4, 0.5) is 4.39 Å². The van der Waals surface area contributed by atoms with Gasteiger partial charge < -0.3 is 9.47 Å². The highest BCUT2D eigenvalue weighted by Crippen LogP contribution is 2.20. The van der Waals surface area contributed by atoms with Gasteiger partial charge in [-0.25, -0.2) is 14.1 Å². The molecule has 0 fully saturated rings. The summed E-state index contributed by atoms with van der Waals surface area (Å²) in [6, 6.07) is 2.85. The number of ether oxygens (including phenoxy) is 2. The van der Waals surface area contributed by atoms with Gasteiger partial charge in [0.1, 0.15) is 5.69 Å². The second-order valence-electron chi connectivity index (χ2n) is 3.33. The van der Waals surface area contributed by atoms with Crippen molar-refractivity contribution in [2.45, 2.75) is 6.61 Å². The van der Waals surface area contributed by atoms with Gasteiger partial charge in [-0.3, -0.25) is 0 Å². The fourth-order valence-corrected chi connectivity index (χ4v) is 1.46. The molecule has 2 rings (SSSR count). The smallest absolute Gasteiger partial charge is 0.189 e. The molecule has 0 aliphatic heterocycles. The molecule has 0 atom stereocenters. The monoisotopic (exact) mass is 237 g/mol. The first-order chi connectivity index (χ1) is 8.26. The summed E-state index contributed by atoms with van der Waals surface area (Å²) >= 11 is 0. The maximum atomic E-state index is 13.5. The Labute approximate surface area is 97.8 Å². The Kier molecular flexibility index (Phi) is 3.34. The van der Waals surface area contributed by atoms with E-state index < -0.39 is 5.82 Å². The minimum Gasteiger partial charge on any atom is -0.493 e. The Morgan fingerprint density at radius 1 is 1.41 bits per heavy atom. The molecular weight excluding hydrogens is 225 g/mol. The number of methoxy groups -OCH3 is 2. The average Bonchev–Trinajstić information content (AvgIpc) is 2.73. The van der Waals surface area contributed by atoms with Crippen LogP contribution in [-0.4, -0.2) is 29.0 Å². The minimum atomic E-state index is -0.443. The van der Waals surface area contributed by atoms with Gasteiger partial charge in [-0.2, -0.15) is 5.10 Å². The third kappa shape index (κ3) is 2.26. The number of aromatic nitrogens is 3. The zero-order valence-corrected chi connectivity index (χ0v) is 9.55. The highest BCUT2D eigenvalue weighted by Gasteiger charge is 2.13.